The molecule has 1 saturated carbocycles. The summed E-state index contributed by atoms with van der Waals surface area (Å²) >= 11 is 1.71. The molecule has 0 amide bonds. The van der Waals surface area contributed by atoms with Crippen LogP contribution in [-0.2, 0) is 9.47 Å². The molecule has 2 fully saturated rings. The number of phenols is 1. The van der Waals surface area contributed by atoms with E-state index in [1.165, 1.54) is 12.8 Å². The summed E-state index contributed by atoms with van der Waals surface area (Å²) in [6, 6.07) is 7.34. The Morgan fingerprint density at radius 1 is 1.33 bits per heavy atom. The summed E-state index contributed by atoms with van der Waals surface area (Å²) in [5, 5.41) is 9.40. The Balaban J connectivity index is 1.52. The number of thioether (sulfide) groups is 1. The van der Waals surface area contributed by atoms with Crippen molar-refractivity contribution in [3.63, 3.8) is 0 Å². The summed E-state index contributed by atoms with van der Waals surface area (Å²) in [7, 11) is 0. The lowest BCUT2D eigenvalue weighted by Gasteiger charge is -2.21. The van der Waals surface area contributed by atoms with Crippen molar-refractivity contribution < 1.29 is 14.6 Å². The van der Waals surface area contributed by atoms with E-state index in [1.807, 2.05) is 12.1 Å². The Morgan fingerprint density at radius 2 is 2.17 bits per heavy atom. The first-order valence-corrected chi connectivity index (χ1v) is 7.48. The predicted molar refractivity (Wildman–Crippen MR) is 70.9 cm³/mol. The van der Waals surface area contributed by atoms with Crippen LogP contribution >= 0.6 is 11.8 Å². The van der Waals surface area contributed by atoms with Gasteiger partial charge < -0.3 is 14.6 Å². The maximum atomic E-state index is 9.40. The standard InChI is InChI=1S/C14H18O3S/c15-11-4-3-5-13(8-11)18-10-12-9-16-14(17-12)6-1-2-7-14/h3-5,8,12,15H,1-2,6-7,9-10H2. The molecule has 1 aromatic carbocycles. The second-order valence-corrected chi connectivity index (χ2v) is 6.07. The third-order valence-electron chi connectivity index (χ3n) is 3.53. The molecule has 3 rings (SSSR count). The number of phenolic OH excluding ortho intramolecular Hbond substituents is 1. The minimum atomic E-state index is -0.260. The van der Waals surface area contributed by atoms with Crippen molar-refractivity contribution in [1.29, 1.82) is 0 Å². The van der Waals surface area contributed by atoms with E-state index < -0.39 is 0 Å². The second-order valence-electron chi connectivity index (χ2n) is 4.98. The summed E-state index contributed by atoms with van der Waals surface area (Å²) in [6.07, 6.45) is 4.69. The Bertz CT molecular complexity index is 415. The van der Waals surface area contributed by atoms with Gasteiger partial charge >= 0.3 is 0 Å². The summed E-state index contributed by atoms with van der Waals surface area (Å²) < 4.78 is 11.9. The maximum absolute atomic E-state index is 9.40. The first-order chi connectivity index (χ1) is 8.76. The highest BCUT2D eigenvalue weighted by Crippen LogP contribution is 2.40. The zero-order valence-corrected chi connectivity index (χ0v) is 11.1. The summed E-state index contributed by atoms with van der Waals surface area (Å²) in [5.74, 6) is 0.936. The molecule has 1 unspecified atom stereocenters. The molecule has 1 aliphatic heterocycles. The van der Waals surface area contributed by atoms with Crippen molar-refractivity contribution in [1.82, 2.24) is 0 Å². The topological polar surface area (TPSA) is 38.7 Å². The molecular formula is C14H18O3S. The van der Waals surface area contributed by atoms with Crippen LogP contribution in [0.2, 0.25) is 0 Å². The van der Waals surface area contributed by atoms with Crippen LogP contribution in [0.25, 0.3) is 0 Å². The number of hydrogen-bond donors (Lipinski definition) is 1. The SMILES string of the molecule is Oc1cccc(SCC2COC3(CCCC3)O2)c1. The molecule has 1 N–H and O–H groups in total. The zero-order valence-electron chi connectivity index (χ0n) is 10.3. The number of rotatable bonds is 3. The molecule has 18 heavy (non-hydrogen) atoms. The highest BCUT2D eigenvalue weighted by Gasteiger charge is 2.43. The second kappa shape index (κ2) is 5.11. The smallest absolute Gasteiger partial charge is 0.168 e. The highest BCUT2D eigenvalue weighted by molar-refractivity contribution is 7.99. The van der Waals surface area contributed by atoms with Crippen LogP contribution in [0.5, 0.6) is 5.75 Å². The zero-order chi connectivity index (χ0) is 12.4. The average Bonchev–Trinajstić information content (AvgIpc) is 2.98. The Kier molecular flexibility index (Phi) is 3.50. The molecule has 1 saturated heterocycles. The Labute approximate surface area is 111 Å². The van der Waals surface area contributed by atoms with E-state index in [1.54, 1.807) is 23.9 Å². The first-order valence-electron chi connectivity index (χ1n) is 6.49. The quantitative estimate of drug-likeness (QED) is 0.853. The fraction of sp³-hybridized carbons (Fsp3) is 0.571. The molecule has 98 valence electrons. The Morgan fingerprint density at radius 3 is 2.94 bits per heavy atom. The van der Waals surface area contributed by atoms with Crippen molar-refractivity contribution in [2.45, 2.75) is 42.5 Å². The van der Waals surface area contributed by atoms with E-state index in [4.69, 9.17) is 9.47 Å². The van der Waals surface area contributed by atoms with Gasteiger partial charge in [0.05, 0.1) is 12.7 Å². The molecule has 2 aliphatic rings. The molecule has 4 heteroatoms. The first kappa shape index (κ1) is 12.3. The highest BCUT2D eigenvalue weighted by atomic mass is 32.2. The minimum Gasteiger partial charge on any atom is -0.508 e. The molecule has 3 nitrogen and oxygen atoms in total. The third kappa shape index (κ3) is 2.66. The number of hydrogen-bond acceptors (Lipinski definition) is 4. The van der Waals surface area contributed by atoms with Gasteiger partial charge in [0.2, 0.25) is 0 Å². The molecule has 0 bridgehead atoms. The summed E-state index contributed by atoms with van der Waals surface area (Å²) in [6.45, 7) is 0.700. The van der Waals surface area contributed by atoms with Crippen LogP contribution < -0.4 is 0 Å². The van der Waals surface area contributed by atoms with Crippen molar-refractivity contribution >= 4 is 11.8 Å². The van der Waals surface area contributed by atoms with E-state index in [0.29, 0.717) is 12.4 Å². The lowest BCUT2D eigenvalue weighted by atomic mass is 10.2. The van der Waals surface area contributed by atoms with Crippen molar-refractivity contribution in [2.24, 2.45) is 0 Å². The summed E-state index contributed by atoms with van der Waals surface area (Å²) in [5.41, 5.74) is 0. The van der Waals surface area contributed by atoms with Gasteiger partial charge in [-0.3, -0.25) is 0 Å². The number of ether oxygens (including phenoxy) is 2. The van der Waals surface area contributed by atoms with Gasteiger partial charge in [-0.1, -0.05) is 6.07 Å². The van der Waals surface area contributed by atoms with Crippen LogP contribution in [0.15, 0.2) is 29.2 Å². The van der Waals surface area contributed by atoms with Crippen molar-refractivity contribution in [3.8, 4) is 5.75 Å². The van der Waals surface area contributed by atoms with Gasteiger partial charge in [0, 0.05) is 23.5 Å². The van der Waals surface area contributed by atoms with Crippen molar-refractivity contribution in [3.05, 3.63) is 24.3 Å². The van der Waals surface area contributed by atoms with E-state index in [9.17, 15) is 5.11 Å². The molecule has 1 atom stereocenters. The molecule has 0 aromatic heterocycles. The normalized spacial score (nSPS) is 25.9. The molecule has 1 aliphatic carbocycles. The lowest BCUT2D eigenvalue weighted by Crippen LogP contribution is -2.27. The third-order valence-corrected chi connectivity index (χ3v) is 4.66. The van der Waals surface area contributed by atoms with Gasteiger partial charge in [-0.2, -0.15) is 0 Å². The Hall–Kier alpha value is -0.710. The lowest BCUT2D eigenvalue weighted by molar-refractivity contribution is -0.159. The largest absolute Gasteiger partial charge is 0.508 e. The van der Waals surface area contributed by atoms with E-state index in [0.717, 1.165) is 23.5 Å². The van der Waals surface area contributed by atoms with E-state index >= 15 is 0 Å². The van der Waals surface area contributed by atoms with Gasteiger partial charge in [0.15, 0.2) is 5.79 Å². The van der Waals surface area contributed by atoms with E-state index in [2.05, 4.69) is 0 Å². The van der Waals surface area contributed by atoms with Crippen LogP contribution in [0.1, 0.15) is 25.7 Å². The monoisotopic (exact) mass is 266 g/mol. The van der Waals surface area contributed by atoms with Gasteiger partial charge in [0.25, 0.3) is 0 Å². The fourth-order valence-corrected chi connectivity index (χ4v) is 3.56. The number of benzene rings is 1. The van der Waals surface area contributed by atoms with Crippen LogP contribution in [0, 0.1) is 0 Å². The van der Waals surface area contributed by atoms with Gasteiger partial charge in [0.1, 0.15) is 5.75 Å². The minimum absolute atomic E-state index is 0.176. The average molecular weight is 266 g/mol. The van der Waals surface area contributed by atoms with Gasteiger partial charge in [-0.05, 0) is 31.0 Å². The molecule has 0 radical (unpaired) electrons. The molecule has 1 spiro atoms. The maximum Gasteiger partial charge on any atom is 0.168 e. The molecule has 1 heterocycles. The number of aromatic hydroxyl groups is 1. The van der Waals surface area contributed by atoms with Gasteiger partial charge in [-0.15, -0.1) is 11.8 Å². The van der Waals surface area contributed by atoms with Crippen molar-refractivity contribution in [2.75, 3.05) is 12.4 Å². The predicted octanol–water partition coefficient (Wildman–Crippen LogP) is 3.17. The fourth-order valence-electron chi connectivity index (χ4n) is 2.64. The van der Waals surface area contributed by atoms with Crippen LogP contribution in [0.4, 0.5) is 0 Å². The van der Waals surface area contributed by atoms with Crippen LogP contribution in [0.3, 0.4) is 0 Å². The van der Waals surface area contributed by atoms with Crippen LogP contribution in [-0.4, -0.2) is 29.4 Å². The summed E-state index contributed by atoms with van der Waals surface area (Å²) in [4.78, 5) is 1.07. The van der Waals surface area contributed by atoms with Gasteiger partial charge in [-0.25, -0.2) is 0 Å². The molecule has 1 aromatic rings. The van der Waals surface area contributed by atoms with E-state index in [-0.39, 0.29) is 11.9 Å². The molecular weight excluding hydrogens is 248 g/mol.